The molecule has 3 aromatic rings. The quantitative estimate of drug-likeness (QED) is 0.115. The molecule has 1 aliphatic rings. The summed E-state index contributed by atoms with van der Waals surface area (Å²) in [5.41, 5.74) is 1.39. The van der Waals surface area contributed by atoms with Crippen LogP contribution >= 0.6 is 11.6 Å². The molecule has 1 aliphatic heterocycles. The number of morpholine rings is 1. The number of carbonyl (C=O) groups is 4. The van der Waals surface area contributed by atoms with E-state index in [1.54, 1.807) is 30.3 Å². The van der Waals surface area contributed by atoms with Gasteiger partial charge in [-0.15, -0.1) is 0 Å². The maximum Gasteiger partial charge on any atom is 0.329 e. The Morgan fingerprint density at radius 3 is 2.12 bits per heavy atom. The summed E-state index contributed by atoms with van der Waals surface area (Å²) in [6, 6.07) is 14.2. The topological polar surface area (TPSA) is 175 Å². The van der Waals surface area contributed by atoms with Crippen LogP contribution in [0.2, 0.25) is 5.02 Å². The normalized spacial score (nSPS) is 13.6. The Bertz CT molecular complexity index is 1520. The molecule has 0 bridgehead atoms. The lowest BCUT2D eigenvalue weighted by atomic mass is 10.0. The predicted molar refractivity (Wildman–Crippen MR) is 181 cm³/mol. The minimum Gasteiger partial charge on any atom is -0.481 e. The Morgan fingerprint density at radius 2 is 1.50 bits per heavy atom. The second kappa shape index (κ2) is 20.9. The average molecular weight is 686 g/mol. The summed E-state index contributed by atoms with van der Waals surface area (Å²) in [6.07, 6.45) is 5.94. The Balaban J connectivity index is 0.000000378. The molecule has 1 saturated heterocycles. The third kappa shape index (κ3) is 14.2. The molecule has 1 aromatic heterocycles. The third-order valence-corrected chi connectivity index (χ3v) is 8.00. The van der Waals surface area contributed by atoms with Crippen LogP contribution in [0.25, 0.3) is 10.9 Å². The first kappa shape index (κ1) is 38.2. The standard InChI is InChI=1S/C25H26ClN3O5.C10H18O4/c26-19-7-5-17(6-8-19)24(31)28-22(25(32)34-14-11-29-9-12-33-13-10-29)15-18-16-23(30)27-21-4-2-1-3-20(18)21;11-9(12)7-5-3-1-2-4-6-8-10(13)14/h1-8,16,22H,9-15H2,(H,27,30)(H,28,31);1-8H2,(H,11,12)(H,13,14). The highest BCUT2D eigenvalue weighted by Gasteiger charge is 2.25. The summed E-state index contributed by atoms with van der Waals surface area (Å²) in [5.74, 6) is -2.47. The van der Waals surface area contributed by atoms with Crippen molar-refractivity contribution in [3.05, 3.63) is 81.1 Å². The second-order valence-electron chi connectivity index (χ2n) is 11.5. The number of carbonyl (C=O) groups excluding carboxylic acids is 2. The zero-order chi connectivity index (χ0) is 34.7. The number of rotatable bonds is 17. The number of amides is 1. The van der Waals surface area contributed by atoms with Crippen molar-refractivity contribution in [2.75, 3.05) is 39.5 Å². The molecule has 12 nitrogen and oxygen atoms in total. The fraction of sp³-hybridized carbons (Fsp3) is 0.457. The van der Waals surface area contributed by atoms with Crippen LogP contribution in [-0.4, -0.2) is 89.4 Å². The van der Waals surface area contributed by atoms with E-state index in [0.29, 0.717) is 41.4 Å². The van der Waals surface area contributed by atoms with Crippen molar-refractivity contribution in [1.29, 1.82) is 0 Å². The summed E-state index contributed by atoms with van der Waals surface area (Å²) < 4.78 is 10.9. The van der Waals surface area contributed by atoms with E-state index in [9.17, 15) is 24.0 Å². The molecule has 260 valence electrons. The molecular formula is C35H44ClN3O9. The van der Waals surface area contributed by atoms with Gasteiger partial charge in [0.05, 0.1) is 13.2 Å². The van der Waals surface area contributed by atoms with Crippen molar-refractivity contribution in [3.8, 4) is 0 Å². The number of hydrogen-bond acceptors (Lipinski definition) is 8. The van der Waals surface area contributed by atoms with Gasteiger partial charge in [0, 0.05) is 66.5 Å². The molecule has 1 fully saturated rings. The van der Waals surface area contributed by atoms with Gasteiger partial charge in [0.25, 0.3) is 5.91 Å². The number of aromatic nitrogens is 1. The van der Waals surface area contributed by atoms with Gasteiger partial charge >= 0.3 is 17.9 Å². The van der Waals surface area contributed by atoms with Gasteiger partial charge in [0.2, 0.25) is 5.56 Å². The maximum absolute atomic E-state index is 13.0. The summed E-state index contributed by atoms with van der Waals surface area (Å²) in [4.78, 5) is 63.3. The van der Waals surface area contributed by atoms with Crippen LogP contribution < -0.4 is 10.9 Å². The number of para-hydroxylation sites is 1. The van der Waals surface area contributed by atoms with Crippen molar-refractivity contribution < 1.29 is 38.9 Å². The first-order valence-electron chi connectivity index (χ1n) is 16.2. The number of carboxylic acids is 2. The van der Waals surface area contributed by atoms with Crippen molar-refractivity contribution in [1.82, 2.24) is 15.2 Å². The first-order valence-corrected chi connectivity index (χ1v) is 16.6. The number of nitrogens with one attached hydrogen (secondary N) is 2. The van der Waals surface area contributed by atoms with Gasteiger partial charge < -0.3 is 30.0 Å². The highest BCUT2D eigenvalue weighted by molar-refractivity contribution is 6.30. The van der Waals surface area contributed by atoms with Crippen LogP contribution in [0.1, 0.15) is 67.3 Å². The lowest BCUT2D eigenvalue weighted by Gasteiger charge is -2.26. The number of nitrogens with zero attached hydrogens (tertiary/aromatic N) is 1. The molecule has 13 heteroatoms. The van der Waals surface area contributed by atoms with Crippen LogP contribution in [0.5, 0.6) is 0 Å². The molecule has 48 heavy (non-hydrogen) atoms. The SMILES string of the molecule is O=C(NC(Cc1cc(=O)[nH]c2ccccc12)C(=O)OCCN1CCOCC1)c1ccc(Cl)cc1.O=C(O)CCCCCCCCC(=O)O. The van der Waals surface area contributed by atoms with E-state index in [-0.39, 0.29) is 31.4 Å². The van der Waals surface area contributed by atoms with Gasteiger partial charge in [-0.2, -0.15) is 0 Å². The van der Waals surface area contributed by atoms with Crippen molar-refractivity contribution in [2.45, 2.75) is 63.8 Å². The first-order chi connectivity index (χ1) is 23.1. The van der Waals surface area contributed by atoms with Gasteiger partial charge in [-0.3, -0.25) is 24.1 Å². The molecule has 2 heterocycles. The zero-order valence-corrected chi connectivity index (χ0v) is 27.7. The minimum absolute atomic E-state index is 0.111. The summed E-state index contributed by atoms with van der Waals surface area (Å²) in [6.45, 7) is 3.66. The van der Waals surface area contributed by atoms with E-state index >= 15 is 0 Å². The number of halogens is 1. The van der Waals surface area contributed by atoms with Gasteiger partial charge in [0.1, 0.15) is 12.6 Å². The lowest BCUT2D eigenvalue weighted by molar-refractivity contribution is -0.146. The maximum atomic E-state index is 13.0. The molecule has 0 aliphatic carbocycles. The molecular weight excluding hydrogens is 642 g/mol. The fourth-order valence-corrected chi connectivity index (χ4v) is 5.29. The number of benzene rings is 2. The van der Waals surface area contributed by atoms with E-state index in [4.69, 9.17) is 31.3 Å². The Hall–Kier alpha value is -4.26. The number of unbranched alkanes of at least 4 members (excludes halogenated alkanes) is 5. The average Bonchev–Trinajstić information content (AvgIpc) is 3.06. The Kier molecular flexibility index (Phi) is 16.6. The third-order valence-electron chi connectivity index (χ3n) is 7.74. The van der Waals surface area contributed by atoms with Gasteiger partial charge in [-0.1, -0.05) is 55.5 Å². The lowest BCUT2D eigenvalue weighted by Crippen LogP contribution is -2.44. The molecule has 1 unspecified atom stereocenters. The second-order valence-corrected chi connectivity index (χ2v) is 11.9. The Morgan fingerprint density at radius 1 is 0.896 bits per heavy atom. The highest BCUT2D eigenvalue weighted by atomic mass is 35.5. The fourth-order valence-electron chi connectivity index (χ4n) is 5.16. The molecule has 0 spiro atoms. The van der Waals surface area contributed by atoms with Crippen molar-refractivity contribution in [2.24, 2.45) is 0 Å². The zero-order valence-electron chi connectivity index (χ0n) is 27.0. The number of H-pyrrole nitrogens is 1. The van der Waals surface area contributed by atoms with Gasteiger partial charge in [0.15, 0.2) is 0 Å². The number of ether oxygens (including phenoxy) is 2. The monoisotopic (exact) mass is 685 g/mol. The molecule has 4 rings (SSSR count). The van der Waals surface area contributed by atoms with E-state index in [2.05, 4.69) is 15.2 Å². The van der Waals surface area contributed by atoms with Crippen molar-refractivity contribution >= 4 is 46.3 Å². The largest absolute Gasteiger partial charge is 0.481 e. The van der Waals surface area contributed by atoms with E-state index in [0.717, 1.165) is 57.0 Å². The number of aromatic amines is 1. The molecule has 0 saturated carbocycles. The number of aliphatic carboxylic acids is 2. The molecule has 1 atom stereocenters. The van der Waals surface area contributed by atoms with Crippen LogP contribution in [0, 0.1) is 0 Å². The number of hydrogen-bond donors (Lipinski definition) is 4. The van der Waals surface area contributed by atoms with Gasteiger partial charge in [-0.25, -0.2) is 4.79 Å². The number of esters is 1. The van der Waals surface area contributed by atoms with Crippen molar-refractivity contribution in [3.63, 3.8) is 0 Å². The number of pyridine rings is 1. The predicted octanol–water partition coefficient (Wildman–Crippen LogP) is 4.67. The van der Waals surface area contributed by atoms with Crippen LogP contribution in [0.3, 0.4) is 0 Å². The molecule has 0 radical (unpaired) electrons. The number of carboxylic acid groups (broad SMARTS) is 2. The molecule has 2 aromatic carbocycles. The van der Waals surface area contributed by atoms with Crippen LogP contribution in [0.4, 0.5) is 0 Å². The summed E-state index contributed by atoms with van der Waals surface area (Å²) in [7, 11) is 0. The molecule has 1 amide bonds. The van der Waals surface area contributed by atoms with Gasteiger partial charge in [-0.05, 0) is 48.7 Å². The van der Waals surface area contributed by atoms with E-state index in [1.165, 1.54) is 6.07 Å². The smallest absolute Gasteiger partial charge is 0.329 e. The summed E-state index contributed by atoms with van der Waals surface area (Å²) >= 11 is 5.92. The van der Waals surface area contributed by atoms with Crippen LogP contribution in [0.15, 0.2) is 59.4 Å². The van der Waals surface area contributed by atoms with E-state index < -0.39 is 29.9 Å². The summed E-state index contributed by atoms with van der Waals surface area (Å²) in [5, 5.41) is 20.8. The van der Waals surface area contributed by atoms with E-state index in [1.807, 2.05) is 18.2 Å². The molecule has 4 N–H and O–H groups in total. The number of fused-ring (bicyclic) bond motifs is 1. The minimum atomic E-state index is -0.974. The highest BCUT2D eigenvalue weighted by Crippen LogP contribution is 2.17. The Labute approximate surface area is 284 Å². The van der Waals surface area contributed by atoms with Crippen LogP contribution in [-0.2, 0) is 30.3 Å².